The molecule has 0 unspecified atom stereocenters. The van der Waals surface area contributed by atoms with Crippen molar-refractivity contribution in [2.75, 3.05) is 31.0 Å². The summed E-state index contributed by atoms with van der Waals surface area (Å²) in [5, 5.41) is 15.1. The second-order valence-electron chi connectivity index (χ2n) is 8.27. The van der Waals surface area contributed by atoms with Crippen molar-refractivity contribution in [2.24, 2.45) is 0 Å². The quantitative estimate of drug-likeness (QED) is 0.224. The number of amides is 2. The SMILES string of the molecule is CCOc1cc(/C=C(/C#N)C(=O)Nc2ccc(OC)cc2)cc(Br)c1OCC(=O)Nc1ccc(C)cc1C. The Morgan fingerprint density at radius 2 is 1.76 bits per heavy atom. The van der Waals surface area contributed by atoms with Crippen LogP contribution in [0.1, 0.15) is 23.6 Å². The number of hydrogen-bond acceptors (Lipinski definition) is 6. The van der Waals surface area contributed by atoms with Crippen molar-refractivity contribution in [2.45, 2.75) is 20.8 Å². The lowest BCUT2D eigenvalue weighted by atomic mass is 10.1. The van der Waals surface area contributed by atoms with Crippen LogP contribution in [0, 0.1) is 25.2 Å². The van der Waals surface area contributed by atoms with Gasteiger partial charge in [-0.3, -0.25) is 9.59 Å². The van der Waals surface area contributed by atoms with E-state index in [-0.39, 0.29) is 18.1 Å². The Labute approximate surface area is 230 Å². The molecule has 2 N–H and O–H groups in total. The summed E-state index contributed by atoms with van der Waals surface area (Å²) in [5.41, 5.74) is 3.73. The number of anilines is 2. The molecule has 0 aromatic heterocycles. The Morgan fingerprint density at radius 3 is 2.39 bits per heavy atom. The maximum absolute atomic E-state index is 12.7. The molecule has 0 heterocycles. The zero-order chi connectivity index (χ0) is 27.7. The molecule has 0 spiro atoms. The zero-order valence-corrected chi connectivity index (χ0v) is 23.1. The third-order valence-corrected chi connectivity index (χ3v) is 5.95. The number of ether oxygens (including phenoxy) is 3. The average Bonchev–Trinajstić information content (AvgIpc) is 2.89. The van der Waals surface area contributed by atoms with Gasteiger partial charge in [0.2, 0.25) is 0 Å². The molecule has 3 rings (SSSR count). The summed E-state index contributed by atoms with van der Waals surface area (Å²) in [4.78, 5) is 25.2. The normalized spacial score (nSPS) is 10.8. The van der Waals surface area contributed by atoms with Gasteiger partial charge < -0.3 is 24.8 Å². The lowest BCUT2D eigenvalue weighted by Gasteiger charge is -2.15. The molecule has 0 fully saturated rings. The van der Waals surface area contributed by atoms with Crippen LogP contribution in [-0.2, 0) is 9.59 Å². The van der Waals surface area contributed by atoms with E-state index in [2.05, 4.69) is 26.6 Å². The predicted molar refractivity (Wildman–Crippen MR) is 151 cm³/mol. The van der Waals surface area contributed by atoms with Crippen molar-refractivity contribution in [3.8, 4) is 23.3 Å². The smallest absolute Gasteiger partial charge is 0.266 e. The summed E-state index contributed by atoms with van der Waals surface area (Å²) >= 11 is 3.46. The number of nitrogens with one attached hydrogen (secondary N) is 2. The van der Waals surface area contributed by atoms with E-state index in [4.69, 9.17) is 14.2 Å². The summed E-state index contributed by atoms with van der Waals surface area (Å²) in [7, 11) is 1.55. The number of aryl methyl sites for hydroxylation is 2. The molecular formula is C29H28BrN3O5. The molecule has 9 heteroatoms. The minimum atomic E-state index is -0.560. The van der Waals surface area contributed by atoms with Crippen molar-refractivity contribution in [1.29, 1.82) is 5.26 Å². The van der Waals surface area contributed by atoms with Crippen molar-refractivity contribution < 1.29 is 23.8 Å². The standard InChI is InChI=1S/C29H28BrN3O5/c1-5-37-26-15-20(13-21(16-31)29(35)32-22-7-9-23(36-4)10-8-22)14-24(30)28(26)38-17-27(34)33-25-11-6-18(2)12-19(25)3/h6-15H,5,17H2,1-4H3,(H,32,35)(H,33,34)/b21-13-. The summed E-state index contributed by atoms with van der Waals surface area (Å²) < 4.78 is 17.1. The average molecular weight is 578 g/mol. The number of halogens is 1. The van der Waals surface area contributed by atoms with Crippen LogP contribution in [0.25, 0.3) is 6.08 Å². The van der Waals surface area contributed by atoms with E-state index in [0.29, 0.717) is 45.3 Å². The van der Waals surface area contributed by atoms with Crippen LogP contribution in [0.2, 0.25) is 0 Å². The third-order valence-electron chi connectivity index (χ3n) is 5.36. The van der Waals surface area contributed by atoms with E-state index in [1.807, 2.05) is 45.0 Å². The van der Waals surface area contributed by atoms with Crippen molar-refractivity contribution in [3.63, 3.8) is 0 Å². The van der Waals surface area contributed by atoms with Gasteiger partial charge in [0, 0.05) is 11.4 Å². The second kappa shape index (κ2) is 13.3. The number of benzene rings is 3. The lowest BCUT2D eigenvalue weighted by Crippen LogP contribution is -2.21. The topological polar surface area (TPSA) is 110 Å². The molecule has 0 saturated heterocycles. The van der Waals surface area contributed by atoms with E-state index in [9.17, 15) is 14.9 Å². The minimum Gasteiger partial charge on any atom is -0.497 e. The highest BCUT2D eigenvalue weighted by Crippen LogP contribution is 2.37. The molecule has 0 saturated carbocycles. The van der Waals surface area contributed by atoms with Gasteiger partial charge >= 0.3 is 0 Å². The molecule has 38 heavy (non-hydrogen) atoms. The Bertz CT molecular complexity index is 1390. The zero-order valence-electron chi connectivity index (χ0n) is 21.6. The molecule has 0 aliphatic rings. The van der Waals surface area contributed by atoms with E-state index < -0.39 is 5.91 Å². The summed E-state index contributed by atoms with van der Waals surface area (Å²) in [6, 6.07) is 17.8. The Balaban J connectivity index is 1.76. The molecule has 196 valence electrons. The van der Waals surface area contributed by atoms with Gasteiger partial charge in [0.1, 0.15) is 17.4 Å². The molecule has 0 radical (unpaired) electrons. The highest BCUT2D eigenvalue weighted by Gasteiger charge is 2.16. The van der Waals surface area contributed by atoms with Gasteiger partial charge in [-0.05, 0) is 96.4 Å². The Morgan fingerprint density at radius 1 is 1.03 bits per heavy atom. The third kappa shape index (κ3) is 7.60. The monoisotopic (exact) mass is 577 g/mol. The van der Waals surface area contributed by atoms with Crippen LogP contribution in [-0.4, -0.2) is 32.1 Å². The van der Waals surface area contributed by atoms with Crippen molar-refractivity contribution in [3.05, 3.63) is 81.3 Å². The van der Waals surface area contributed by atoms with Gasteiger partial charge in [-0.15, -0.1) is 0 Å². The van der Waals surface area contributed by atoms with Crippen LogP contribution in [0.5, 0.6) is 17.2 Å². The molecule has 3 aromatic carbocycles. The Hall–Kier alpha value is -4.29. The molecule has 0 atom stereocenters. The van der Waals surface area contributed by atoms with E-state index >= 15 is 0 Å². The van der Waals surface area contributed by atoms with Crippen LogP contribution in [0.3, 0.4) is 0 Å². The highest BCUT2D eigenvalue weighted by atomic mass is 79.9. The molecule has 8 nitrogen and oxygen atoms in total. The molecule has 0 aliphatic carbocycles. The maximum atomic E-state index is 12.7. The molecular weight excluding hydrogens is 550 g/mol. The van der Waals surface area contributed by atoms with Crippen molar-refractivity contribution >= 4 is 45.2 Å². The van der Waals surface area contributed by atoms with Gasteiger partial charge in [0.25, 0.3) is 11.8 Å². The fraction of sp³-hybridized carbons (Fsp3) is 0.207. The Kier molecular flexibility index (Phi) is 9.91. The largest absolute Gasteiger partial charge is 0.497 e. The van der Waals surface area contributed by atoms with Crippen LogP contribution >= 0.6 is 15.9 Å². The summed E-state index contributed by atoms with van der Waals surface area (Å²) in [6.07, 6.45) is 1.45. The number of hydrogen-bond donors (Lipinski definition) is 2. The van der Waals surface area contributed by atoms with Crippen LogP contribution < -0.4 is 24.8 Å². The highest BCUT2D eigenvalue weighted by molar-refractivity contribution is 9.10. The number of rotatable bonds is 10. The van der Waals surface area contributed by atoms with Gasteiger partial charge in [-0.25, -0.2) is 0 Å². The van der Waals surface area contributed by atoms with Crippen LogP contribution in [0.4, 0.5) is 11.4 Å². The first-order chi connectivity index (χ1) is 18.2. The van der Waals surface area contributed by atoms with E-state index in [1.165, 1.54) is 6.08 Å². The predicted octanol–water partition coefficient (Wildman–Crippen LogP) is 6.04. The van der Waals surface area contributed by atoms with Gasteiger partial charge in [0.15, 0.2) is 18.1 Å². The van der Waals surface area contributed by atoms with Crippen LogP contribution in [0.15, 0.2) is 64.6 Å². The number of carbonyl (C=O) groups excluding carboxylic acids is 2. The molecule has 0 bridgehead atoms. The molecule has 0 aliphatic heterocycles. The lowest BCUT2D eigenvalue weighted by molar-refractivity contribution is -0.118. The number of nitriles is 1. The van der Waals surface area contributed by atoms with Gasteiger partial charge in [-0.1, -0.05) is 17.7 Å². The number of nitrogens with zero attached hydrogens (tertiary/aromatic N) is 1. The fourth-order valence-corrected chi connectivity index (χ4v) is 4.11. The molecule has 3 aromatic rings. The first-order valence-electron chi connectivity index (χ1n) is 11.8. The maximum Gasteiger partial charge on any atom is 0.266 e. The second-order valence-corrected chi connectivity index (χ2v) is 9.13. The summed E-state index contributed by atoms with van der Waals surface area (Å²) in [5.74, 6) is 0.464. The van der Waals surface area contributed by atoms with E-state index in [1.54, 1.807) is 43.5 Å². The minimum absolute atomic E-state index is 0.100. The molecule has 2 amide bonds. The fourth-order valence-electron chi connectivity index (χ4n) is 3.54. The van der Waals surface area contributed by atoms with Crippen molar-refractivity contribution in [1.82, 2.24) is 0 Å². The summed E-state index contributed by atoms with van der Waals surface area (Å²) in [6.45, 7) is 5.82. The van der Waals surface area contributed by atoms with E-state index in [0.717, 1.165) is 11.1 Å². The number of carbonyl (C=O) groups is 2. The van der Waals surface area contributed by atoms with Gasteiger partial charge in [-0.2, -0.15) is 5.26 Å². The van der Waals surface area contributed by atoms with Gasteiger partial charge in [0.05, 0.1) is 18.2 Å². The first kappa shape index (κ1) is 28.3. The number of methoxy groups -OCH3 is 1. The first-order valence-corrected chi connectivity index (χ1v) is 12.6.